The number of nitrogens with one attached hydrogen (secondary N) is 1. The lowest BCUT2D eigenvalue weighted by atomic mass is 10.1. The molecule has 1 aliphatic heterocycles. The van der Waals surface area contributed by atoms with Crippen LogP contribution in [-0.4, -0.2) is 65.3 Å². The molecule has 0 bridgehead atoms. The molecule has 1 fully saturated rings. The van der Waals surface area contributed by atoms with Crippen molar-refractivity contribution in [3.63, 3.8) is 0 Å². The first-order chi connectivity index (χ1) is 16.1. The van der Waals surface area contributed by atoms with Crippen molar-refractivity contribution in [1.82, 2.24) is 25.2 Å². The molecule has 1 aliphatic rings. The van der Waals surface area contributed by atoms with Crippen LogP contribution in [0.3, 0.4) is 0 Å². The quantitative estimate of drug-likeness (QED) is 0.537. The van der Waals surface area contributed by atoms with Gasteiger partial charge in [0.25, 0.3) is 5.91 Å². The molecular weight excluding hydrogens is 425 g/mol. The Morgan fingerprint density at radius 1 is 1.24 bits per heavy atom. The molecule has 0 atom stereocenters. The van der Waals surface area contributed by atoms with Crippen LogP contribution in [0.2, 0.25) is 0 Å². The Bertz CT molecular complexity index is 1050. The molecule has 0 aliphatic carbocycles. The van der Waals surface area contributed by atoms with Gasteiger partial charge in [0.1, 0.15) is 18.2 Å². The van der Waals surface area contributed by atoms with E-state index >= 15 is 0 Å². The summed E-state index contributed by atoms with van der Waals surface area (Å²) in [6, 6.07) is 14.0. The van der Waals surface area contributed by atoms with Gasteiger partial charge in [-0.05, 0) is 61.9 Å². The number of amides is 1. The first-order valence-corrected chi connectivity index (χ1v) is 11.0. The van der Waals surface area contributed by atoms with Gasteiger partial charge >= 0.3 is 0 Å². The second-order valence-electron chi connectivity index (χ2n) is 8.03. The van der Waals surface area contributed by atoms with Crippen LogP contribution in [0.1, 0.15) is 28.9 Å². The topological polar surface area (TPSA) is 81.5 Å². The van der Waals surface area contributed by atoms with Gasteiger partial charge < -0.3 is 14.8 Å². The lowest BCUT2D eigenvalue weighted by Crippen LogP contribution is -2.38. The normalized spacial score (nSPS) is 14.4. The summed E-state index contributed by atoms with van der Waals surface area (Å²) in [5, 5.41) is 10.7. The highest BCUT2D eigenvalue weighted by molar-refractivity contribution is 5.91. The predicted octanol–water partition coefficient (Wildman–Crippen LogP) is 2.83. The molecule has 33 heavy (non-hydrogen) atoms. The monoisotopic (exact) mass is 453 g/mol. The first-order valence-electron chi connectivity index (χ1n) is 11.0. The number of carbonyl (C=O) groups is 1. The van der Waals surface area contributed by atoms with Crippen LogP contribution in [0.4, 0.5) is 4.39 Å². The molecule has 3 aromatic rings. The van der Waals surface area contributed by atoms with E-state index in [0.717, 1.165) is 43.9 Å². The van der Waals surface area contributed by atoms with Gasteiger partial charge in [-0.1, -0.05) is 17.3 Å². The molecule has 2 aromatic carbocycles. The molecule has 0 spiro atoms. The molecular formula is C24H28FN5O3. The maximum absolute atomic E-state index is 13.1. The Kier molecular flexibility index (Phi) is 7.64. The van der Waals surface area contributed by atoms with Gasteiger partial charge in [-0.25, -0.2) is 9.07 Å². The molecule has 2 heterocycles. The van der Waals surface area contributed by atoms with Crippen molar-refractivity contribution in [3.05, 3.63) is 71.8 Å². The van der Waals surface area contributed by atoms with Gasteiger partial charge in [0.05, 0.1) is 11.9 Å². The van der Waals surface area contributed by atoms with Crippen LogP contribution in [0, 0.1) is 5.82 Å². The molecule has 1 N–H and O–H groups in total. The molecule has 0 saturated carbocycles. The van der Waals surface area contributed by atoms with Gasteiger partial charge in [0.15, 0.2) is 5.69 Å². The van der Waals surface area contributed by atoms with Crippen LogP contribution in [0.15, 0.2) is 54.7 Å². The fourth-order valence-corrected chi connectivity index (χ4v) is 3.72. The number of hydrogen-bond acceptors (Lipinski definition) is 6. The Balaban J connectivity index is 1.25. The molecule has 9 heteroatoms. The highest BCUT2D eigenvalue weighted by Crippen LogP contribution is 2.15. The van der Waals surface area contributed by atoms with Gasteiger partial charge in [0.2, 0.25) is 0 Å². The minimum atomic E-state index is -0.340. The van der Waals surface area contributed by atoms with Gasteiger partial charge in [-0.2, -0.15) is 0 Å². The van der Waals surface area contributed by atoms with Crippen LogP contribution in [0.5, 0.6) is 5.75 Å². The number of hydrogen-bond donors (Lipinski definition) is 1. The zero-order valence-corrected chi connectivity index (χ0v) is 18.6. The second kappa shape index (κ2) is 11.0. The molecule has 1 aromatic heterocycles. The molecule has 8 nitrogen and oxygen atoms in total. The Morgan fingerprint density at radius 2 is 2.03 bits per heavy atom. The van der Waals surface area contributed by atoms with Crippen molar-refractivity contribution in [1.29, 1.82) is 0 Å². The number of rotatable bonds is 9. The summed E-state index contributed by atoms with van der Waals surface area (Å²) in [4.78, 5) is 14.8. The van der Waals surface area contributed by atoms with Crippen molar-refractivity contribution in [2.75, 3.05) is 33.4 Å². The lowest BCUT2D eigenvalue weighted by molar-refractivity contribution is 0.0392. The average molecular weight is 454 g/mol. The third-order valence-corrected chi connectivity index (χ3v) is 5.70. The fraction of sp³-hybridized carbons (Fsp3) is 0.375. The average Bonchev–Trinajstić information content (AvgIpc) is 3.34. The van der Waals surface area contributed by atoms with E-state index in [-0.39, 0.29) is 17.4 Å². The summed E-state index contributed by atoms with van der Waals surface area (Å²) in [5.74, 6) is 0.0894. The van der Waals surface area contributed by atoms with Crippen LogP contribution in [-0.2, 0) is 11.3 Å². The number of nitrogens with zero attached hydrogens (tertiary/aromatic N) is 4. The van der Waals surface area contributed by atoms with Crippen molar-refractivity contribution < 1.29 is 18.7 Å². The summed E-state index contributed by atoms with van der Waals surface area (Å²) in [5.41, 5.74) is 1.72. The standard InChI is InChI=1S/C24H28FN5O3/c1-29(20-9-12-32-13-10-20)11-14-33-22-4-2-3-18(15-22)16-26-24(31)23-17-30(28-27-23)21-7-5-19(25)6-8-21/h2-8,15,17,20H,9-14,16H2,1H3,(H,26,31). The van der Waals surface area contributed by atoms with Gasteiger partial charge in [0, 0.05) is 32.3 Å². The highest BCUT2D eigenvalue weighted by atomic mass is 19.1. The summed E-state index contributed by atoms with van der Waals surface area (Å²) in [6.45, 7) is 3.42. The van der Waals surface area contributed by atoms with Crippen molar-refractivity contribution >= 4 is 5.91 Å². The van der Waals surface area contributed by atoms with Gasteiger partial charge in [-0.3, -0.25) is 9.69 Å². The van der Waals surface area contributed by atoms with Crippen LogP contribution in [0.25, 0.3) is 5.69 Å². The minimum absolute atomic E-state index is 0.183. The second-order valence-corrected chi connectivity index (χ2v) is 8.03. The minimum Gasteiger partial charge on any atom is -0.492 e. The molecule has 0 radical (unpaired) electrons. The molecule has 0 unspecified atom stereocenters. The third kappa shape index (κ3) is 6.36. The lowest BCUT2D eigenvalue weighted by Gasteiger charge is -2.31. The smallest absolute Gasteiger partial charge is 0.273 e. The van der Waals surface area contributed by atoms with Gasteiger partial charge in [-0.15, -0.1) is 5.10 Å². The SMILES string of the molecule is CN(CCOc1cccc(CNC(=O)c2cn(-c3ccc(F)cc3)nn2)c1)C1CCOCC1. The number of benzene rings is 2. The fourth-order valence-electron chi connectivity index (χ4n) is 3.72. The molecule has 174 valence electrons. The molecule has 1 amide bonds. The van der Waals surface area contributed by atoms with E-state index in [1.165, 1.54) is 23.0 Å². The number of likely N-dealkylation sites (N-methyl/N-ethyl adjacent to an activating group) is 1. The number of aromatic nitrogens is 3. The van der Waals surface area contributed by atoms with Crippen molar-refractivity contribution in [2.45, 2.75) is 25.4 Å². The van der Waals surface area contributed by atoms with E-state index in [2.05, 4.69) is 27.6 Å². The van der Waals surface area contributed by atoms with E-state index in [9.17, 15) is 9.18 Å². The van der Waals surface area contributed by atoms with E-state index in [4.69, 9.17) is 9.47 Å². The zero-order valence-electron chi connectivity index (χ0n) is 18.6. The molecule has 4 rings (SSSR count). The summed E-state index contributed by atoms with van der Waals surface area (Å²) in [6.07, 6.45) is 3.63. The van der Waals surface area contributed by atoms with E-state index < -0.39 is 0 Å². The van der Waals surface area contributed by atoms with E-state index in [1.807, 2.05) is 24.3 Å². The predicted molar refractivity (Wildman–Crippen MR) is 121 cm³/mol. The summed E-state index contributed by atoms with van der Waals surface area (Å²) in [7, 11) is 2.12. The van der Waals surface area contributed by atoms with E-state index in [1.54, 1.807) is 12.1 Å². The number of halogens is 1. The zero-order chi connectivity index (χ0) is 23.0. The third-order valence-electron chi connectivity index (χ3n) is 5.70. The summed E-state index contributed by atoms with van der Waals surface area (Å²) < 4.78 is 25.9. The number of ether oxygens (including phenoxy) is 2. The highest BCUT2D eigenvalue weighted by Gasteiger charge is 2.18. The maximum Gasteiger partial charge on any atom is 0.273 e. The Morgan fingerprint density at radius 3 is 2.82 bits per heavy atom. The van der Waals surface area contributed by atoms with E-state index in [0.29, 0.717) is 24.9 Å². The summed E-state index contributed by atoms with van der Waals surface area (Å²) >= 11 is 0. The van der Waals surface area contributed by atoms with Crippen molar-refractivity contribution in [2.24, 2.45) is 0 Å². The van der Waals surface area contributed by atoms with Crippen molar-refractivity contribution in [3.8, 4) is 11.4 Å². The Hall–Kier alpha value is -3.30. The number of carbonyl (C=O) groups excluding carboxylic acids is 1. The largest absolute Gasteiger partial charge is 0.492 e. The maximum atomic E-state index is 13.1. The first kappa shape index (κ1) is 22.9. The molecule has 1 saturated heterocycles. The van der Waals surface area contributed by atoms with Crippen LogP contribution < -0.4 is 10.1 Å². The Labute approximate surface area is 192 Å². The van der Waals surface area contributed by atoms with Crippen LogP contribution >= 0.6 is 0 Å².